The highest BCUT2D eigenvalue weighted by molar-refractivity contribution is 5.96. The van der Waals surface area contributed by atoms with Crippen LogP contribution in [0.2, 0.25) is 0 Å². The number of aryl methyl sites for hydroxylation is 1. The van der Waals surface area contributed by atoms with Gasteiger partial charge in [-0.2, -0.15) is 0 Å². The molecule has 0 saturated carbocycles. The molecule has 0 aromatic heterocycles. The molecule has 2 heteroatoms. The maximum atomic E-state index is 13.4. The normalized spacial score (nSPS) is 10.7. The summed E-state index contributed by atoms with van der Waals surface area (Å²) in [5.41, 5.74) is 1.06. The van der Waals surface area contributed by atoms with Crippen molar-refractivity contribution in [2.24, 2.45) is 5.92 Å². The molecule has 1 aromatic rings. The first-order valence-electron chi connectivity index (χ1n) is 5.30. The van der Waals surface area contributed by atoms with Gasteiger partial charge in [0.25, 0.3) is 0 Å². The number of carbonyl (C=O) groups is 1. The Balaban J connectivity index is 2.74. The molecule has 0 amide bonds. The predicted octanol–water partition coefficient (Wildman–Crippen LogP) is 3.75. The molecule has 1 rings (SSSR count). The number of hydrogen-bond donors (Lipinski definition) is 0. The summed E-state index contributed by atoms with van der Waals surface area (Å²) in [5, 5.41) is 0. The molecule has 0 aliphatic heterocycles. The van der Waals surface area contributed by atoms with Gasteiger partial charge in [0.15, 0.2) is 5.78 Å². The number of halogens is 1. The second kappa shape index (κ2) is 5.06. The summed E-state index contributed by atoms with van der Waals surface area (Å²) >= 11 is 0. The van der Waals surface area contributed by atoms with Crippen LogP contribution in [0.15, 0.2) is 18.2 Å². The van der Waals surface area contributed by atoms with Crippen LogP contribution < -0.4 is 0 Å². The molecule has 0 spiro atoms. The molecule has 0 heterocycles. The molecule has 1 aromatic carbocycles. The zero-order chi connectivity index (χ0) is 11.4. The lowest BCUT2D eigenvalue weighted by Gasteiger charge is -2.05. The molecule has 0 saturated heterocycles. The van der Waals surface area contributed by atoms with Crippen molar-refractivity contribution in [1.29, 1.82) is 0 Å². The summed E-state index contributed by atoms with van der Waals surface area (Å²) < 4.78 is 13.4. The third-order valence-electron chi connectivity index (χ3n) is 2.37. The molecular weight excluding hydrogens is 191 g/mol. The molecule has 0 aliphatic carbocycles. The molecule has 0 unspecified atom stereocenters. The smallest absolute Gasteiger partial charge is 0.165 e. The third-order valence-corrected chi connectivity index (χ3v) is 2.37. The number of benzene rings is 1. The third kappa shape index (κ3) is 3.46. The van der Waals surface area contributed by atoms with E-state index in [4.69, 9.17) is 0 Å². The first-order chi connectivity index (χ1) is 7.00. The van der Waals surface area contributed by atoms with E-state index in [1.54, 1.807) is 12.1 Å². The van der Waals surface area contributed by atoms with Gasteiger partial charge in [0, 0.05) is 6.42 Å². The Labute approximate surface area is 90.3 Å². The van der Waals surface area contributed by atoms with Crippen molar-refractivity contribution >= 4 is 5.78 Å². The molecule has 0 N–H and O–H groups in total. The second-order valence-electron chi connectivity index (χ2n) is 4.34. The van der Waals surface area contributed by atoms with E-state index in [0.29, 0.717) is 12.3 Å². The van der Waals surface area contributed by atoms with E-state index in [0.717, 1.165) is 12.0 Å². The molecule has 0 fully saturated rings. The topological polar surface area (TPSA) is 17.1 Å². The lowest BCUT2D eigenvalue weighted by Crippen LogP contribution is -2.04. The molecule has 82 valence electrons. The average Bonchev–Trinajstić information content (AvgIpc) is 2.14. The Hall–Kier alpha value is -1.18. The standard InChI is InChI=1S/C13H17FO/c1-9(2)4-7-13(15)11-6-5-10(3)8-12(11)14/h5-6,8-9H,4,7H2,1-3H3. The highest BCUT2D eigenvalue weighted by atomic mass is 19.1. The lowest BCUT2D eigenvalue weighted by molar-refractivity contribution is 0.0971. The summed E-state index contributed by atoms with van der Waals surface area (Å²) in [6, 6.07) is 4.75. The van der Waals surface area contributed by atoms with Crippen molar-refractivity contribution in [2.45, 2.75) is 33.6 Å². The van der Waals surface area contributed by atoms with Crippen molar-refractivity contribution in [2.75, 3.05) is 0 Å². The van der Waals surface area contributed by atoms with E-state index in [9.17, 15) is 9.18 Å². The predicted molar refractivity (Wildman–Crippen MR) is 59.5 cm³/mol. The van der Waals surface area contributed by atoms with Crippen molar-refractivity contribution in [1.82, 2.24) is 0 Å². The van der Waals surface area contributed by atoms with Crippen LogP contribution in [-0.4, -0.2) is 5.78 Å². The first kappa shape index (κ1) is 11.9. The van der Waals surface area contributed by atoms with E-state index < -0.39 is 5.82 Å². The molecular formula is C13H17FO. The number of hydrogen-bond acceptors (Lipinski definition) is 1. The second-order valence-corrected chi connectivity index (χ2v) is 4.34. The maximum Gasteiger partial charge on any atom is 0.165 e. The van der Waals surface area contributed by atoms with Gasteiger partial charge in [0.05, 0.1) is 5.56 Å². The largest absolute Gasteiger partial charge is 0.294 e. The molecule has 0 bridgehead atoms. The van der Waals surface area contributed by atoms with Crippen molar-refractivity contribution in [3.8, 4) is 0 Å². The van der Waals surface area contributed by atoms with E-state index in [-0.39, 0.29) is 11.3 Å². The summed E-state index contributed by atoms with van der Waals surface area (Å²) in [7, 11) is 0. The van der Waals surface area contributed by atoms with Gasteiger partial charge in [-0.15, -0.1) is 0 Å². The van der Waals surface area contributed by atoms with E-state index >= 15 is 0 Å². The average molecular weight is 208 g/mol. The molecule has 0 aliphatic rings. The van der Waals surface area contributed by atoms with Gasteiger partial charge in [-0.1, -0.05) is 19.9 Å². The minimum absolute atomic E-state index is 0.0961. The van der Waals surface area contributed by atoms with Gasteiger partial charge in [-0.3, -0.25) is 4.79 Å². The number of Topliss-reactive ketones (excluding diaryl/α,β-unsaturated/α-hetero) is 1. The van der Waals surface area contributed by atoms with Crippen LogP contribution in [0.1, 0.15) is 42.6 Å². The van der Waals surface area contributed by atoms with Crippen LogP contribution in [0.5, 0.6) is 0 Å². The van der Waals surface area contributed by atoms with Gasteiger partial charge in [0.1, 0.15) is 5.82 Å². The van der Waals surface area contributed by atoms with E-state index in [1.807, 2.05) is 6.92 Å². The van der Waals surface area contributed by atoms with Gasteiger partial charge < -0.3 is 0 Å². The minimum atomic E-state index is -0.399. The summed E-state index contributed by atoms with van der Waals surface area (Å²) in [6.07, 6.45) is 1.24. The molecule has 0 radical (unpaired) electrons. The van der Waals surface area contributed by atoms with Crippen LogP contribution in [0.4, 0.5) is 4.39 Å². The Morgan fingerprint density at radius 2 is 2.07 bits per heavy atom. The van der Waals surface area contributed by atoms with Gasteiger partial charge in [-0.25, -0.2) is 4.39 Å². The summed E-state index contributed by atoms with van der Waals surface area (Å²) in [5.74, 6) is -0.0209. The fourth-order valence-corrected chi connectivity index (χ4v) is 1.40. The summed E-state index contributed by atoms with van der Waals surface area (Å²) in [4.78, 5) is 11.6. The monoisotopic (exact) mass is 208 g/mol. The first-order valence-corrected chi connectivity index (χ1v) is 5.30. The Morgan fingerprint density at radius 1 is 1.40 bits per heavy atom. The van der Waals surface area contributed by atoms with E-state index in [1.165, 1.54) is 6.07 Å². The minimum Gasteiger partial charge on any atom is -0.294 e. The van der Waals surface area contributed by atoms with Crippen LogP contribution in [0, 0.1) is 18.7 Å². The van der Waals surface area contributed by atoms with Crippen molar-refractivity contribution in [3.05, 3.63) is 35.1 Å². The Kier molecular flexibility index (Phi) is 4.01. The van der Waals surface area contributed by atoms with Crippen LogP contribution in [0.3, 0.4) is 0 Å². The SMILES string of the molecule is Cc1ccc(C(=O)CCC(C)C)c(F)c1. The lowest BCUT2D eigenvalue weighted by atomic mass is 10.0. The zero-order valence-electron chi connectivity index (χ0n) is 9.51. The number of ketones is 1. The summed E-state index contributed by atoms with van der Waals surface area (Å²) in [6.45, 7) is 5.92. The molecule has 15 heavy (non-hydrogen) atoms. The van der Waals surface area contributed by atoms with Gasteiger partial charge in [0.2, 0.25) is 0 Å². The Morgan fingerprint density at radius 3 is 2.60 bits per heavy atom. The highest BCUT2D eigenvalue weighted by Gasteiger charge is 2.11. The van der Waals surface area contributed by atoms with Crippen molar-refractivity contribution < 1.29 is 9.18 Å². The molecule has 0 atom stereocenters. The van der Waals surface area contributed by atoms with Crippen LogP contribution in [-0.2, 0) is 0 Å². The molecule has 1 nitrogen and oxygen atoms in total. The fourth-order valence-electron chi connectivity index (χ4n) is 1.40. The highest BCUT2D eigenvalue weighted by Crippen LogP contribution is 2.14. The van der Waals surface area contributed by atoms with E-state index in [2.05, 4.69) is 13.8 Å². The quantitative estimate of drug-likeness (QED) is 0.689. The maximum absolute atomic E-state index is 13.4. The Bertz CT molecular complexity index is 356. The number of rotatable bonds is 4. The fraction of sp³-hybridized carbons (Fsp3) is 0.462. The van der Waals surface area contributed by atoms with Crippen molar-refractivity contribution in [3.63, 3.8) is 0 Å². The zero-order valence-corrected chi connectivity index (χ0v) is 9.51. The van der Waals surface area contributed by atoms with Gasteiger partial charge >= 0.3 is 0 Å². The van der Waals surface area contributed by atoms with Crippen LogP contribution >= 0.6 is 0 Å². The number of carbonyl (C=O) groups excluding carboxylic acids is 1. The van der Waals surface area contributed by atoms with Crippen LogP contribution in [0.25, 0.3) is 0 Å². The van der Waals surface area contributed by atoms with Gasteiger partial charge in [-0.05, 0) is 37.0 Å².